The fourth-order valence-electron chi connectivity index (χ4n) is 0.730. The van der Waals surface area contributed by atoms with Crippen LogP contribution in [0.3, 0.4) is 0 Å². The molecule has 0 aromatic heterocycles. The Morgan fingerprint density at radius 3 is 2.60 bits per heavy atom. The first kappa shape index (κ1) is 7.72. The van der Waals surface area contributed by atoms with E-state index in [0.717, 1.165) is 0 Å². The van der Waals surface area contributed by atoms with Gasteiger partial charge in [-0.05, 0) is 11.7 Å². The van der Waals surface area contributed by atoms with Crippen LogP contribution in [0, 0.1) is 0 Å². The van der Waals surface area contributed by atoms with E-state index in [0.29, 0.717) is 9.76 Å². The maximum Gasteiger partial charge on any atom is 0.211 e. The van der Waals surface area contributed by atoms with Gasteiger partial charge in [0.2, 0.25) is 9.76 Å². The van der Waals surface area contributed by atoms with Crippen molar-refractivity contribution in [3.05, 3.63) is 30.3 Å². The molecule has 1 nitrogen and oxygen atoms in total. The SMILES string of the molecule is C[Si]O[SiH2]c1ccccc1. The van der Waals surface area contributed by atoms with Crippen molar-refractivity contribution in [2.24, 2.45) is 0 Å². The van der Waals surface area contributed by atoms with Gasteiger partial charge in [-0.1, -0.05) is 30.3 Å². The van der Waals surface area contributed by atoms with Crippen molar-refractivity contribution in [1.82, 2.24) is 0 Å². The maximum atomic E-state index is 5.39. The third kappa shape index (κ3) is 2.47. The normalized spacial score (nSPS) is 10.9. The zero-order valence-electron chi connectivity index (χ0n) is 6.00. The number of hydrogen-bond donors (Lipinski definition) is 0. The Kier molecular flexibility index (Phi) is 3.42. The minimum absolute atomic E-state index is 0.399. The number of benzene rings is 1. The summed E-state index contributed by atoms with van der Waals surface area (Å²) in [6.07, 6.45) is 0. The molecule has 0 saturated heterocycles. The van der Waals surface area contributed by atoms with Gasteiger partial charge in [-0.15, -0.1) is 0 Å². The first-order valence-corrected chi connectivity index (χ1v) is 5.95. The summed E-state index contributed by atoms with van der Waals surface area (Å²) in [5, 5.41) is 1.39. The van der Waals surface area contributed by atoms with Crippen LogP contribution in [0.4, 0.5) is 0 Å². The van der Waals surface area contributed by atoms with Crippen LogP contribution in [0.15, 0.2) is 30.3 Å². The topological polar surface area (TPSA) is 9.23 Å². The van der Waals surface area contributed by atoms with Crippen LogP contribution in [0.5, 0.6) is 0 Å². The van der Waals surface area contributed by atoms with Gasteiger partial charge < -0.3 is 4.12 Å². The molecule has 0 aliphatic carbocycles. The van der Waals surface area contributed by atoms with E-state index in [9.17, 15) is 0 Å². The van der Waals surface area contributed by atoms with Gasteiger partial charge in [0.1, 0.15) is 0 Å². The van der Waals surface area contributed by atoms with Crippen molar-refractivity contribution in [3.63, 3.8) is 0 Å². The minimum atomic E-state index is -0.399. The van der Waals surface area contributed by atoms with Crippen LogP contribution in [0.2, 0.25) is 6.55 Å². The molecule has 0 saturated carbocycles. The largest absolute Gasteiger partial charge is 0.457 e. The molecule has 0 bridgehead atoms. The second kappa shape index (κ2) is 4.43. The van der Waals surface area contributed by atoms with Gasteiger partial charge in [0.05, 0.1) is 0 Å². The van der Waals surface area contributed by atoms with Crippen molar-refractivity contribution in [3.8, 4) is 0 Å². The quantitative estimate of drug-likeness (QED) is 0.578. The summed E-state index contributed by atoms with van der Waals surface area (Å²) in [5.74, 6) is 0. The average molecular weight is 166 g/mol. The summed E-state index contributed by atoms with van der Waals surface area (Å²) in [4.78, 5) is 0. The van der Waals surface area contributed by atoms with E-state index < -0.39 is 9.76 Å². The lowest BCUT2D eigenvalue weighted by Gasteiger charge is -1.97. The molecule has 52 valence electrons. The first-order chi connectivity index (χ1) is 4.93. The lowest BCUT2D eigenvalue weighted by atomic mass is 10.4. The summed E-state index contributed by atoms with van der Waals surface area (Å²) < 4.78 is 5.39. The Bertz CT molecular complexity index is 176. The van der Waals surface area contributed by atoms with E-state index in [1.807, 2.05) is 6.07 Å². The second-order valence-electron chi connectivity index (χ2n) is 1.98. The van der Waals surface area contributed by atoms with Crippen LogP contribution < -0.4 is 5.19 Å². The second-order valence-corrected chi connectivity index (χ2v) is 4.65. The molecule has 0 atom stereocenters. The van der Waals surface area contributed by atoms with Crippen molar-refractivity contribution in [2.45, 2.75) is 6.55 Å². The molecule has 0 unspecified atom stereocenters. The van der Waals surface area contributed by atoms with Gasteiger partial charge in [-0.25, -0.2) is 0 Å². The third-order valence-electron chi connectivity index (χ3n) is 1.23. The Morgan fingerprint density at radius 2 is 2.00 bits per heavy atom. The van der Waals surface area contributed by atoms with E-state index in [-0.39, 0.29) is 0 Å². The summed E-state index contributed by atoms with van der Waals surface area (Å²) in [6, 6.07) is 10.4. The fraction of sp³-hybridized carbons (Fsp3) is 0.143. The van der Waals surface area contributed by atoms with Crippen LogP contribution in [-0.2, 0) is 4.12 Å². The molecular weight excluding hydrogens is 156 g/mol. The Labute approximate surface area is 66.3 Å². The van der Waals surface area contributed by atoms with E-state index >= 15 is 0 Å². The highest BCUT2D eigenvalue weighted by atomic mass is 28.3. The first-order valence-electron chi connectivity index (χ1n) is 3.26. The molecule has 0 N–H and O–H groups in total. The van der Waals surface area contributed by atoms with E-state index in [2.05, 4.69) is 30.8 Å². The predicted octanol–water partition coefficient (Wildman–Crippen LogP) is 0.0796. The predicted molar refractivity (Wildman–Crippen MR) is 47.3 cm³/mol. The van der Waals surface area contributed by atoms with Gasteiger partial charge in [0, 0.05) is 0 Å². The molecule has 0 aliphatic heterocycles. The van der Waals surface area contributed by atoms with Gasteiger partial charge >= 0.3 is 0 Å². The highest BCUT2D eigenvalue weighted by molar-refractivity contribution is 6.53. The molecule has 1 aromatic carbocycles. The molecule has 10 heavy (non-hydrogen) atoms. The smallest absolute Gasteiger partial charge is 0.211 e. The van der Waals surface area contributed by atoms with E-state index in [4.69, 9.17) is 4.12 Å². The van der Waals surface area contributed by atoms with Gasteiger partial charge in [0.25, 0.3) is 0 Å². The third-order valence-corrected chi connectivity index (χ3v) is 3.76. The van der Waals surface area contributed by atoms with Gasteiger partial charge in [-0.3, -0.25) is 0 Å². The summed E-state index contributed by atoms with van der Waals surface area (Å²) in [7, 11) is 0.246. The highest BCUT2D eigenvalue weighted by Gasteiger charge is 1.89. The fourth-order valence-corrected chi connectivity index (χ4v) is 2.44. The molecular formula is C7H10OSi2. The molecule has 3 heteroatoms. The van der Waals surface area contributed by atoms with Crippen molar-refractivity contribution < 1.29 is 4.12 Å². The van der Waals surface area contributed by atoms with Crippen LogP contribution in [-0.4, -0.2) is 19.5 Å². The van der Waals surface area contributed by atoms with Crippen molar-refractivity contribution in [2.75, 3.05) is 0 Å². The van der Waals surface area contributed by atoms with Crippen LogP contribution in [0.25, 0.3) is 0 Å². The lowest BCUT2D eigenvalue weighted by molar-refractivity contribution is 0.657. The molecule has 0 aliphatic rings. The Hall–Kier alpha value is -0.386. The van der Waals surface area contributed by atoms with Gasteiger partial charge in [-0.2, -0.15) is 0 Å². The lowest BCUT2D eigenvalue weighted by Crippen LogP contribution is -2.17. The molecule has 1 aromatic rings. The standard InChI is InChI=1S/C7H10OSi2/c1-9-8-10-7-5-3-2-4-6-7/h2-6H,10H2,1H3. The minimum Gasteiger partial charge on any atom is -0.457 e. The van der Waals surface area contributed by atoms with Crippen molar-refractivity contribution >= 4 is 24.7 Å². The molecule has 0 heterocycles. The Balaban J connectivity index is 2.43. The molecule has 2 radical (unpaired) electrons. The monoisotopic (exact) mass is 166 g/mol. The van der Waals surface area contributed by atoms with Crippen molar-refractivity contribution in [1.29, 1.82) is 0 Å². The summed E-state index contributed by atoms with van der Waals surface area (Å²) in [5.41, 5.74) is 0. The zero-order chi connectivity index (χ0) is 7.23. The molecule has 0 amide bonds. The van der Waals surface area contributed by atoms with E-state index in [1.165, 1.54) is 5.19 Å². The molecule has 0 fully saturated rings. The number of rotatable bonds is 3. The molecule has 1 rings (SSSR count). The number of hydrogen-bond acceptors (Lipinski definition) is 1. The summed E-state index contributed by atoms with van der Waals surface area (Å²) in [6.45, 7) is 2.07. The zero-order valence-corrected chi connectivity index (χ0v) is 8.42. The summed E-state index contributed by atoms with van der Waals surface area (Å²) >= 11 is 0. The Morgan fingerprint density at radius 1 is 1.30 bits per heavy atom. The average Bonchev–Trinajstić information content (AvgIpc) is 2.03. The van der Waals surface area contributed by atoms with Crippen LogP contribution >= 0.6 is 0 Å². The van der Waals surface area contributed by atoms with Gasteiger partial charge in [0.15, 0.2) is 9.76 Å². The van der Waals surface area contributed by atoms with Crippen LogP contribution in [0.1, 0.15) is 0 Å². The van der Waals surface area contributed by atoms with E-state index in [1.54, 1.807) is 0 Å². The maximum absolute atomic E-state index is 5.39. The highest BCUT2D eigenvalue weighted by Crippen LogP contribution is 1.80. The molecule has 0 spiro atoms.